The maximum absolute atomic E-state index is 12.8. The van der Waals surface area contributed by atoms with E-state index >= 15 is 0 Å². The van der Waals surface area contributed by atoms with Gasteiger partial charge in [-0.1, -0.05) is 12.6 Å². The average molecular weight is 261 g/mol. The van der Waals surface area contributed by atoms with Gasteiger partial charge in [-0.25, -0.2) is 4.39 Å². The summed E-state index contributed by atoms with van der Waals surface area (Å²) in [6.07, 6.45) is 2.40. The molecule has 0 fully saturated rings. The van der Waals surface area contributed by atoms with Gasteiger partial charge in [0.1, 0.15) is 0 Å². The van der Waals surface area contributed by atoms with Crippen LogP contribution in [0.15, 0.2) is 36.8 Å². The van der Waals surface area contributed by atoms with E-state index < -0.39 is 11.7 Å². The van der Waals surface area contributed by atoms with Gasteiger partial charge in [0.2, 0.25) is 0 Å². The number of benzene rings is 1. The van der Waals surface area contributed by atoms with Crippen molar-refractivity contribution < 1.29 is 9.18 Å². The average Bonchev–Trinajstić information content (AvgIpc) is 2.84. The van der Waals surface area contributed by atoms with Crippen LogP contribution in [-0.2, 0) is 11.2 Å². The van der Waals surface area contributed by atoms with Crippen LogP contribution < -0.4 is 0 Å². The number of carbonyl (C=O) groups is 1. The third kappa shape index (κ3) is 2.81. The number of H-pyrrole nitrogens is 1. The normalized spacial score (nSPS) is 12.4. The van der Waals surface area contributed by atoms with E-state index in [9.17, 15) is 9.18 Å². The van der Waals surface area contributed by atoms with Crippen LogP contribution in [0.3, 0.4) is 0 Å². The second-order valence-electron chi connectivity index (χ2n) is 4.67. The van der Waals surface area contributed by atoms with E-state index in [0.29, 0.717) is 6.42 Å². The van der Waals surface area contributed by atoms with Crippen LogP contribution in [0.4, 0.5) is 4.39 Å². The van der Waals surface area contributed by atoms with Crippen molar-refractivity contribution >= 4 is 16.8 Å². The highest BCUT2D eigenvalue weighted by Crippen LogP contribution is 2.16. The van der Waals surface area contributed by atoms with Gasteiger partial charge in [-0.05, 0) is 31.0 Å². The molecule has 0 saturated carbocycles. The van der Waals surface area contributed by atoms with Gasteiger partial charge in [0.05, 0.1) is 11.7 Å². The van der Waals surface area contributed by atoms with Crippen molar-refractivity contribution in [1.29, 1.82) is 0 Å². The largest absolute Gasteiger partial charge is 0.337 e. The summed E-state index contributed by atoms with van der Waals surface area (Å²) < 4.78 is 12.8. The zero-order valence-corrected chi connectivity index (χ0v) is 11.0. The Labute approximate surface area is 110 Å². The van der Waals surface area contributed by atoms with Crippen LogP contribution in [-0.4, -0.2) is 34.1 Å². The molecule has 0 spiro atoms. The van der Waals surface area contributed by atoms with Crippen molar-refractivity contribution in [2.24, 2.45) is 0 Å². The first-order chi connectivity index (χ1) is 8.99. The standard InChI is InChI=1S/C14H16FN3O/c1-9(18(3)14(19)10(2)15)6-11-4-5-13-12(7-11)8-16-17-13/h4-5,7-9H,2,6H2,1,3H3,(H,16,17). The lowest BCUT2D eigenvalue weighted by atomic mass is 10.0. The number of hydrogen-bond acceptors (Lipinski definition) is 2. The third-order valence-corrected chi connectivity index (χ3v) is 3.25. The molecule has 100 valence electrons. The van der Waals surface area contributed by atoms with Crippen LogP contribution in [0.2, 0.25) is 0 Å². The molecule has 1 aromatic heterocycles. The minimum atomic E-state index is -0.931. The third-order valence-electron chi connectivity index (χ3n) is 3.25. The number of aromatic nitrogens is 2. The fourth-order valence-electron chi connectivity index (χ4n) is 1.99. The Balaban J connectivity index is 2.11. The summed E-state index contributed by atoms with van der Waals surface area (Å²) in [7, 11) is 1.58. The van der Waals surface area contributed by atoms with Crippen molar-refractivity contribution in [3.63, 3.8) is 0 Å². The number of halogens is 1. The fourth-order valence-corrected chi connectivity index (χ4v) is 1.99. The van der Waals surface area contributed by atoms with E-state index in [0.717, 1.165) is 16.5 Å². The highest BCUT2D eigenvalue weighted by Gasteiger charge is 2.18. The molecule has 0 bridgehead atoms. The van der Waals surface area contributed by atoms with Gasteiger partial charge in [-0.3, -0.25) is 9.89 Å². The van der Waals surface area contributed by atoms with Gasteiger partial charge in [-0.2, -0.15) is 5.10 Å². The molecule has 0 aliphatic carbocycles. The molecule has 0 radical (unpaired) electrons. The molecule has 1 heterocycles. The Bertz CT molecular complexity index is 620. The highest BCUT2D eigenvalue weighted by molar-refractivity contribution is 5.90. The number of nitrogens with zero attached hydrogens (tertiary/aromatic N) is 2. The van der Waals surface area contributed by atoms with Crippen LogP contribution in [0.25, 0.3) is 10.9 Å². The zero-order chi connectivity index (χ0) is 14.0. The molecule has 5 heteroatoms. The summed E-state index contributed by atoms with van der Waals surface area (Å²) in [5.74, 6) is -1.60. The topological polar surface area (TPSA) is 49.0 Å². The number of hydrogen-bond donors (Lipinski definition) is 1. The number of aromatic amines is 1. The Morgan fingerprint density at radius 3 is 3.00 bits per heavy atom. The van der Waals surface area contributed by atoms with Crippen molar-refractivity contribution in [3.05, 3.63) is 42.4 Å². The molecule has 4 nitrogen and oxygen atoms in total. The molecule has 1 unspecified atom stereocenters. The van der Waals surface area contributed by atoms with E-state index in [2.05, 4.69) is 16.8 Å². The Morgan fingerprint density at radius 2 is 2.32 bits per heavy atom. The van der Waals surface area contributed by atoms with Gasteiger partial charge in [0, 0.05) is 18.5 Å². The maximum atomic E-state index is 12.8. The van der Waals surface area contributed by atoms with Crippen LogP contribution >= 0.6 is 0 Å². The molecule has 2 aromatic rings. The van der Waals surface area contributed by atoms with Crippen molar-refractivity contribution in [3.8, 4) is 0 Å². The van der Waals surface area contributed by atoms with E-state index in [1.165, 1.54) is 4.90 Å². The molecule has 0 saturated heterocycles. The molecule has 1 atom stereocenters. The molecule has 0 aliphatic rings. The van der Waals surface area contributed by atoms with Gasteiger partial charge in [-0.15, -0.1) is 0 Å². The van der Waals surface area contributed by atoms with Crippen molar-refractivity contribution in [2.45, 2.75) is 19.4 Å². The van der Waals surface area contributed by atoms with Crippen molar-refractivity contribution in [2.75, 3.05) is 7.05 Å². The SMILES string of the molecule is C=C(F)C(=O)N(C)C(C)Cc1ccc2[nH]ncc2c1. The van der Waals surface area contributed by atoms with E-state index in [4.69, 9.17) is 0 Å². The molecular formula is C14H16FN3O. The number of rotatable bonds is 4. The first-order valence-corrected chi connectivity index (χ1v) is 6.02. The second-order valence-corrected chi connectivity index (χ2v) is 4.67. The maximum Gasteiger partial charge on any atom is 0.281 e. The Kier molecular flexibility index (Phi) is 3.64. The predicted octanol–water partition coefficient (Wildman–Crippen LogP) is 2.44. The molecule has 1 aromatic carbocycles. The first kappa shape index (κ1) is 13.3. The second kappa shape index (κ2) is 5.22. The lowest BCUT2D eigenvalue weighted by molar-refractivity contribution is -0.129. The van der Waals surface area contributed by atoms with Crippen LogP contribution in [0.5, 0.6) is 0 Å². The summed E-state index contributed by atoms with van der Waals surface area (Å²) in [6, 6.07) is 5.82. The smallest absolute Gasteiger partial charge is 0.281 e. The van der Waals surface area contributed by atoms with Gasteiger partial charge in [0.25, 0.3) is 5.91 Å². The number of fused-ring (bicyclic) bond motifs is 1. The Hall–Kier alpha value is -2.17. The first-order valence-electron chi connectivity index (χ1n) is 6.02. The van der Waals surface area contributed by atoms with Crippen LogP contribution in [0, 0.1) is 0 Å². The summed E-state index contributed by atoms with van der Waals surface area (Å²) in [5.41, 5.74) is 2.04. The lowest BCUT2D eigenvalue weighted by Crippen LogP contribution is -2.36. The zero-order valence-electron chi connectivity index (χ0n) is 11.0. The summed E-state index contributed by atoms with van der Waals surface area (Å²) >= 11 is 0. The minimum absolute atomic E-state index is 0.107. The van der Waals surface area contributed by atoms with E-state index in [1.54, 1.807) is 13.2 Å². The predicted molar refractivity (Wildman–Crippen MR) is 72.3 cm³/mol. The molecule has 0 aliphatic heterocycles. The van der Waals surface area contributed by atoms with E-state index in [1.807, 2.05) is 25.1 Å². The number of amides is 1. The van der Waals surface area contributed by atoms with Gasteiger partial charge in [0.15, 0.2) is 5.83 Å². The number of likely N-dealkylation sites (N-methyl/N-ethyl adjacent to an activating group) is 1. The number of nitrogens with one attached hydrogen (secondary N) is 1. The fraction of sp³-hybridized carbons (Fsp3) is 0.286. The summed E-state index contributed by atoms with van der Waals surface area (Å²) in [4.78, 5) is 12.8. The summed E-state index contributed by atoms with van der Waals surface area (Å²) in [5, 5.41) is 7.86. The van der Waals surface area contributed by atoms with Crippen LogP contribution in [0.1, 0.15) is 12.5 Å². The quantitative estimate of drug-likeness (QED) is 0.859. The monoisotopic (exact) mass is 261 g/mol. The lowest BCUT2D eigenvalue weighted by Gasteiger charge is -2.24. The molecule has 1 N–H and O–H groups in total. The highest BCUT2D eigenvalue weighted by atomic mass is 19.1. The van der Waals surface area contributed by atoms with Crippen molar-refractivity contribution in [1.82, 2.24) is 15.1 Å². The van der Waals surface area contributed by atoms with Gasteiger partial charge < -0.3 is 4.90 Å². The number of carbonyl (C=O) groups excluding carboxylic acids is 1. The van der Waals surface area contributed by atoms with E-state index in [-0.39, 0.29) is 6.04 Å². The minimum Gasteiger partial charge on any atom is -0.337 e. The molecule has 1 amide bonds. The molecule has 19 heavy (non-hydrogen) atoms. The Morgan fingerprint density at radius 1 is 1.58 bits per heavy atom. The van der Waals surface area contributed by atoms with Gasteiger partial charge >= 0.3 is 0 Å². The molecule has 2 rings (SSSR count). The summed E-state index contributed by atoms with van der Waals surface area (Å²) in [6.45, 7) is 4.90. The molecular weight excluding hydrogens is 245 g/mol.